The van der Waals surface area contributed by atoms with Gasteiger partial charge in [-0.25, -0.2) is 0 Å². The summed E-state index contributed by atoms with van der Waals surface area (Å²) in [6.07, 6.45) is 0. The molecule has 0 N–H and O–H groups in total. The topological polar surface area (TPSA) is 3.24 Å². The molecule has 214 valence electrons. The highest BCUT2D eigenvalue weighted by Crippen LogP contribution is 2.51. The van der Waals surface area contributed by atoms with Gasteiger partial charge in [-0.05, 0) is 75.0 Å². The third-order valence-corrected chi connectivity index (χ3v) is 10.9. The average molecular weight is 594 g/mol. The molecule has 1 aromatic heterocycles. The summed E-state index contributed by atoms with van der Waals surface area (Å²) in [5.41, 5.74) is 11.3. The maximum absolute atomic E-state index is 2.45. The second kappa shape index (κ2) is 9.92. The largest absolute Gasteiger partial charge is 0.310 e. The van der Waals surface area contributed by atoms with Gasteiger partial charge in [-0.1, -0.05) is 129 Å². The van der Waals surface area contributed by atoms with Gasteiger partial charge in [0.05, 0.1) is 5.69 Å². The Balaban J connectivity index is 1.28. The molecule has 1 heterocycles. The van der Waals surface area contributed by atoms with E-state index in [0.717, 1.165) is 5.69 Å². The Morgan fingerprint density at radius 3 is 2.04 bits per heavy atom. The fraction of sp³-hybridized carbons (Fsp3) is 0.0698. The van der Waals surface area contributed by atoms with Gasteiger partial charge in [-0.15, -0.1) is 11.3 Å². The van der Waals surface area contributed by atoms with Crippen LogP contribution in [0.3, 0.4) is 0 Å². The van der Waals surface area contributed by atoms with Crippen molar-refractivity contribution in [2.24, 2.45) is 0 Å². The van der Waals surface area contributed by atoms with Crippen LogP contribution in [0.1, 0.15) is 25.0 Å². The zero-order valence-corrected chi connectivity index (χ0v) is 26.1. The summed E-state index contributed by atoms with van der Waals surface area (Å²) in [6.45, 7) is 4.71. The molecule has 0 amide bonds. The quantitative estimate of drug-likeness (QED) is 0.196. The first-order chi connectivity index (χ1) is 22.1. The number of benzene rings is 7. The second-order valence-electron chi connectivity index (χ2n) is 12.6. The van der Waals surface area contributed by atoms with Crippen molar-refractivity contribution in [1.82, 2.24) is 0 Å². The molecule has 2 heteroatoms. The van der Waals surface area contributed by atoms with Crippen LogP contribution < -0.4 is 4.90 Å². The number of para-hydroxylation sites is 1. The molecule has 1 aliphatic rings. The molecule has 8 aromatic rings. The van der Waals surface area contributed by atoms with E-state index in [1.807, 2.05) is 11.3 Å². The minimum atomic E-state index is -0.0806. The zero-order chi connectivity index (χ0) is 30.1. The maximum atomic E-state index is 2.45. The fourth-order valence-corrected chi connectivity index (χ4v) is 8.67. The van der Waals surface area contributed by atoms with Crippen molar-refractivity contribution < 1.29 is 0 Å². The molecule has 1 aliphatic carbocycles. The van der Waals surface area contributed by atoms with Gasteiger partial charge in [0.15, 0.2) is 0 Å². The van der Waals surface area contributed by atoms with Gasteiger partial charge in [-0.3, -0.25) is 0 Å². The molecule has 0 fully saturated rings. The number of fused-ring (bicyclic) bond motifs is 8. The van der Waals surface area contributed by atoms with E-state index in [1.54, 1.807) is 0 Å². The van der Waals surface area contributed by atoms with Crippen LogP contribution in [0.15, 0.2) is 152 Å². The van der Waals surface area contributed by atoms with Gasteiger partial charge >= 0.3 is 0 Å². The Hall–Kier alpha value is -5.18. The van der Waals surface area contributed by atoms with Crippen LogP contribution in [0.4, 0.5) is 17.1 Å². The number of anilines is 3. The number of hydrogen-bond donors (Lipinski definition) is 0. The first-order valence-corrected chi connectivity index (χ1v) is 16.4. The van der Waals surface area contributed by atoms with Crippen molar-refractivity contribution in [3.63, 3.8) is 0 Å². The van der Waals surface area contributed by atoms with Crippen LogP contribution in [-0.4, -0.2) is 0 Å². The van der Waals surface area contributed by atoms with Crippen molar-refractivity contribution in [2.75, 3.05) is 4.90 Å². The van der Waals surface area contributed by atoms with E-state index in [2.05, 4.69) is 170 Å². The third kappa shape index (κ3) is 3.99. The van der Waals surface area contributed by atoms with Crippen molar-refractivity contribution in [1.29, 1.82) is 0 Å². The van der Waals surface area contributed by atoms with Crippen molar-refractivity contribution in [3.8, 4) is 22.3 Å². The summed E-state index contributed by atoms with van der Waals surface area (Å²) in [7, 11) is 0. The molecule has 0 spiro atoms. The smallest absolute Gasteiger partial charge is 0.0540 e. The predicted octanol–water partition coefficient (Wildman–Crippen LogP) is 12.7. The first-order valence-electron chi connectivity index (χ1n) is 15.6. The highest BCUT2D eigenvalue weighted by molar-refractivity contribution is 7.26. The van der Waals surface area contributed by atoms with Crippen molar-refractivity contribution >= 4 is 59.3 Å². The van der Waals surface area contributed by atoms with E-state index in [4.69, 9.17) is 0 Å². The predicted molar refractivity (Wildman–Crippen MR) is 195 cm³/mol. The van der Waals surface area contributed by atoms with Gasteiger partial charge in [0.25, 0.3) is 0 Å². The summed E-state index contributed by atoms with van der Waals surface area (Å²) in [5.74, 6) is 0. The van der Waals surface area contributed by atoms with E-state index in [1.165, 1.54) is 75.7 Å². The molecule has 0 saturated carbocycles. The molecule has 0 radical (unpaired) electrons. The normalized spacial score (nSPS) is 13.3. The molecule has 0 bridgehead atoms. The zero-order valence-electron chi connectivity index (χ0n) is 25.3. The molecule has 0 unspecified atom stereocenters. The summed E-state index contributed by atoms with van der Waals surface area (Å²) < 4.78 is 2.69. The van der Waals surface area contributed by atoms with Gasteiger partial charge in [-0.2, -0.15) is 0 Å². The first kappa shape index (κ1) is 26.2. The monoisotopic (exact) mass is 593 g/mol. The highest BCUT2D eigenvalue weighted by atomic mass is 32.1. The lowest BCUT2D eigenvalue weighted by Gasteiger charge is -2.30. The summed E-state index contributed by atoms with van der Waals surface area (Å²) in [4.78, 5) is 2.45. The molecule has 1 nitrogen and oxygen atoms in total. The fourth-order valence-electron chi connectivity index (χ4n) is 7.43. The molecular weight excluding hydrogens is 563 g/mol. The van der Waals surface area contributed by atoms with Gasteiger partial charge in [0.2, 0.25) is 0 Å². The van der Waals surface area contributed by atoms with Gasteiger partial charge in [0.1, 0.15) is 0 Å². The Morgan fingerprint density at radius 2 is 1.16 bits per heavy atom. The molecule has 45 heavy (non-hydrogen) atoms. The van der Waals surface area contributed by atoms with Gasteiger partial charge in [0, 0.05) is 42.5 Å². The number of hydrogen-bond acceptors (Lipinski definition) is 2. The molecule has 0 atom stereocenters. The number of nitrogens with zero attached hydrogens (tertiary/aromatic N) is 1. The van der Waals surface area contributed by atoms with E-state index in [9.17, 15) is 0 Å². The van der Waals surface area contributed by atoms with Crippen LogP contribution in [0.2, 0.25) is 0 Å². The maximum Gasteiger partial charge on any atom is 0.0540 e. The lowest BCUT2D eigenvalue weighted by atomic mass is 9.82. The van der Waals surface area contributed by atoms with Crippen LogP contribution in [-0.2, 0) is 5.41 Å². The SMILES string of the molecule is CC1(C)c2ccccc2-c2ccc(N(c3ccc4c(ccc5c6ccccc6sc45)c3)c3ccccc3-c3ccccc3)cc21. The highest BCUT2D eigenvalue weighted by Gasteiger charge is 2.35. The number of thiophene rings is 1. The molecular formula is C43H31NS. The molecule has 9 rings (SSSR count). The number of rotatable bonds is 4. The van der Waals surface area contributed by atoms with E-state index in [-0.39, 0.29) is 5.41 Å². The third-order valence-electron chi connectivity index (χ3n) is 9.66. The van der Waals surface area contributed by atoms with Gasteiger partial charge < -0.3 is 4.90 Å². The van der Waals surface area contributed by atoms with E-state index < -0.39 is 0 Å². The summed E-state index contributed by atoms with van der Waals surface area (Å²) in [6, 6.07) is 55.8. The van der Waals surface area contributed by atoms with E-state index >= 15 is 0 Å². The minimum absolute atomic E-state index is 0.0806. The van der Waals surface area contributed by atoms with Crippen molar-refractivity contribution in [2.45, 2.75) is 19.3 Å². The Morgan fingerprint density at radius 1 is 0.489 bits per heavy atom. The molecule has 7 aromatic carbocycles. The Labute approximate surface area is 267 Å². The molecule has 0 aliphatic heterocycles. The standard InChI is InChI=1S/C43H31NS/c1-43(2)38-17-9-6-15-34(38)35-25-22-31(27-39(35)43)44(40-18-10-7-14-32(40)28-12-4-3-5-13-28)30-21-24-33-29(26-30)20-23-37-36-16-8-11-19-41(36)45-42(33)37/h3-27H,1-2H3. The minimum Gasteiger partial charge on any atom is -0.310 e. The van der Waals surface area contributed by atoms with Crippen LogP contribution in [0, 0.1) is 0 Å². The van der Waals surface area contributed by atoms with E-state index in [0.29, 0.717) is 0 Å². The van der Waals surface area contributed by atoms with Crippen LogP contribution >= 0.6 is 11.3 Å². The lowest BCUT2D eigenvalue weighted by Crippen LogP contribution is -2.16. The lowest BCUT2D eigenvalue weighted by molar-refractivity contribution is 0.660. The second-order valence-corrected chi connectivity index (χ2v) is 13.6. The molecule has 0 saturated heterocycles. The summed E-state index contributed by atoms with van der Waals surface area (Å²) in [5, 5.41) is 5.23. The van der Waals surface area contributed by atoms with Crippen molar-refractivity contribution in [3.05, 3.63) is 163 Å². The van der Waals surface area contributed by atoms with Crippen LogP contribution in [0.5, 0.6) is 0 Å². The Bertz CT molecular complexity index is 2410. The summed E-state index contributed by atoms with van der Waals surface area (Å²) >= 11 is 1.89. The Kier molecular flexibility index (Phi) is 5.78. The van der Waals surface area contributed by atoms with Crippen LogP contribution in [0.25, 0.3) is 53.2 Å². The average Bonchev–Trinajstić information content (AvgIpc) is 3.58.